The smallest absolute Gasteiger partial charge is 0.241 e. The second-order valence-electron chi connectivity index (χ2n) is 4.59. The van der Waals surface area contributed by atoms with E-state index in [-0.39, 0.29) is 18.6 Å². The van der Waals surface area contributed by atoms with E-state index in [0.717, 1.165) is 24.5 Å². The summed E-state index contributed by atoms with van der Waals surface area (Å²) < 4.78 is 7.22. The average molecular weight is 252 g/mol. The van der Waals surface area contributed by atoms with Crippen molar-refractivity contribution in [2.75, 3.05) is 26.2 Å². The molecule has 1 aliphatic rings. The summed E-state index contributed by atoms with van der Waals surface area (Å²) in [5, 5.41) is 10.4. The Bertz CT molecular complexity index is 410. The molecular formula is C12H20N4O2. The van der Waals surface area contributed by atoms with Crippen molar-refractivity contribution in [3.8, 4) is 0 Å². The molecule has 1 amide bonds. The molecule has 6 heteroatoms. The molecule has 0 spiro atoms. The fourth-order valence-corrected chi connectivity index (χ4v) is 2.01. The molecule has 1 unspecified atom stereocenters. The maximum Gasteiger partial charge on any atom is 0.241 e. The maximum absolute atomic E-state index is 11.8. The summed E-state index contributed by atoms with van der Waals surface area (Å²) in [4.78, 5) is 11.8. The standard InChI is InChI=1S/C12H20N4O2/c1-9-5-10(2)16(15-9)8-12(17)14-7-11-6-13-3-4-18-11/h5,11,13H,3-4,6-8H2,1-2H3,(H,14,17). The molecule has 2 N–H and O–H groups in total. The van der Waals surface area contributed by atoms with E-state index in [2.05, 4.69) is 15.7 Å². The van der Waals surface area contributed by atoms with Crippen molar-refractivity contribution in [3.63, 3.8) is 0 Å². The third-order valence-corrected chi connectivity index (χ3v) is 2.93. The van der Waals surface area contributed by atoms with Gasteiger partial charge in [-0.15, -0.1) is 0 Å². The highest BCUT2D eigenvalue weighted by molar-refractivity contribution is 5.75. The Labute approximate surface area is 107 Å². The van der Waals surface area contributed by atoms with Crippen LogP contribution < -0.4 is 10.6 Å². The first-order valence-electron chi connectivity index (χ1n) is 6.25. The number of rotatable bonds is 4. The van der Waals surface area contributed by atoms with Gasteiger partial charge in [0.05, 0.1) is 18.4 Å². The Morgan fingerprint density at radius 2 is 2.50 bits per heavy atom. The molecule has 18 heavy (non-hydrogen) atoms. The summed E-state index contributed by atoms with van der Waals surface area (Å²) in [5.41, 5.74) is 1.93. The van der Waals surface area contributed by atoms with Crippen LogP contribution >= 0.6 is 0 Å². The van der Waals surface area contributed by atoms with Gasteiger partial charge in [-0.2, -0.15) is 5.10 Å². The van der Waals surface area contributed by atoms with Crippen molar-refractivity contribution in [2.45, 2.75) is 26.5 Å². The SMILES string of the molecule is Cc1cc(C)n(CC(=O)NCC2CNCCO2)n1. The largest absolute Gasteiger partial charge is 0.374 e. The van der Waals surface area contributed by atoms with E-state index >= 15 is 0 Å². The van der Waals surface area contributed by atoms with Crippen molar-refractivity contribution < 1.29 is 9.53 Å². The molecule has 2 rings (SSSR count). The highest BCUT2D eigenvalue weighted by atomic mass is 16.5. The van der Waals surface area contributed by atoms with Crippen molar-refractivity contribution in [1.82, 2.24) is 20.4 Å². The van der Waals surface area contributed by atoms with Gasteiger partial charge in [0.2, 0.25) is 5.91 Å². The second kappa shape index (κ2) is 5.97. The normalized spacial score (nSPS) is 19.8. The summed E-state index contributed by atoms with van der Waals surface area (Å²) >= 11 is 0. The molecule has 0 aromatic carbocycles. The van der Waals surface area contributed by atoms with Gasteiger partial charge < -0.3 is 15.4 Å². The van der Waals surface area contributed by atoms with Crippen molar-refractivity contribution in [3.05, 3.63) is 17.5 Å². The number of morpholine rings is 1. The molecule has 0 saturated carbocycles. The van der Waals surface area contributed by atoms with Crippen LogP contribution in [0.15, 0.2) is 6.07 Å². The minimum Gasteiger partial charge on any atom is -0.374 e. The number of nitrogens with zero attached hydrogens (tertiary/aromatic N) is 2. The third kappa shape index (κ3) is 3.54. The molecule has 1 saturated heterocycles. The minimum absolute atomic E-state index is 0.0321. The number of aromatic nitrogens is 2. The Morgan fingerprint density at radius 1 is 1.67 bits per heavy atom. The summed E-state index contributed by atoms with van der Waals surface area (Å²) in [6.45, 7) is 7.06. The van der Waals surface area contributed by atoms with Gasteiger partial charge in [-0.1, -0.05) is 0 Å². The van der Waals surface area contributed by atoms with Crippen LogP contribution in [0, 0.1) is 13.8 Å². The van der Waals surface area contributed by atoms with Crippen LogP contribution in [-0.4, -0.2) is 48.0 Å². The first-order valence-corrected chi connectivity index (χ1v) is 6.25. The zero-order chi connectivity index (χ0) is 13.0. The lowest BCUT2D eigenvalue weighted by molar-refractivity contribution is -0.122. The van der Waals surface area contributed by atoms with E-state index in [9.17, 15) is 4.79 Å². The Morgan fingerprint density at radius 3 is 3.11 bits per heavy atom. The third-order valence-electron chi connectivity index (χ3n) is 2.93. The van der Waals surface area contributed by atoms with Gasteiger partial charge in [0.1, 0.15) is 6.54 Å². The van der Waals surface area contributed by atoms with E-state index in [1.165, 1.54) is 0 Å². The number of carbonyl (C=O) groups excluding carboxylic acids is 1. The molecule has 1 aromatic heterocycles. The number of carbonyl (C=O) groups is 1. The van der Waals surface area contributed by atoms with Gasteiger partial charge in [0.25, 0.3) is 0 Å². The fourth-order valence-electron chi connectivity index (χ4n) is 2.01. The van der Waals surface area contributed by atoms with Crippen LogP contribution in [0.5, 0.6) is 0 Å². The molecule has 6 nitrogen and oxygen atoms in total. The summed E-state index contributed by atoms with van der Waals surface area (Å²) in [5.74, 6) is -0.0321. The first-order chi connectivity index (χ1) is 8.65. The highest BCUT2D eigenvalue weighted by Crippen LogP contribution is 2.01. The van der Waals surface area contributed by atoms with Crippen LogP contribution in [-0.2, 0) is 16.1 Å². The van der Waals surface area contributed by atoms with Crippen molar-refractivity contribution >= 4 is 5.91 Å². The number of amides is 1. The number of nitrogens with one attached hydrogen (secondary N) is 2. The van der Waals surface area contributed by atoms with E-state index in [1.54, 1.807) is 4.68 Å². The molecule has 0 aliphatic carbocycles. The summed E-state index contributed by atoms with van der Waals surface area (Å²) in [6, 6.07) is 1.96. The van der Waals surface area contributed by atoms with E-state index in [0.29, 0.717) is 13.2 Å². The maximum atomic E-state index is 11.8. The van der Waals surface area contributed by atoms with Crippen LogP contribution in [0.25, 0.3) is 0 Å². The zero-order valence-corrected chi connectivity index (χ0v) is 10.9. The van der Waals surface area contributed by atoms with Crippen molar-refractivity contribution in [2.24, 2.45) is 0 Å². The van der Waals surface area contributed by atoms with E-state index in [1.807, 2.05) is 19.9 Å². The predicted molar refractivity (Wildman–Crippen MR) is 67.3 cm³/mol. The molecule has 0 bridgehead atoms. The van der Waals surface area contributed by atoms with Gasteiger partial charge >= 0.3 is 0 Å². The van der Waals surface area contributed by atoms with Gasteiger partial charge in [-0.3, -0.25) is 9.48 Å². The molecule has 1 fully saturated rings. The van der Waals surface area contributed by atoms with Crippen LogP contribution in [0.2, 0.25) is 0 Å². The predicted octanol–water partition coefficient (Wildman–Crippen LogP) is -0.395. The number of ether oxygens (including phenoxy) is 1. The summed E-state index contributed by atoms with van der Waals surface area (Å²) in [6.07, 6.45) is 0.0724. The number of aryl methyl sites for hydroxylation is 2. The second-order valence-corrected chi connectivity index (χ2v) is 4.59. The Kier molecular flexibility index (Phi) is 4.33. The van der Waals surface area contributed by atoms with Gasteiger partial charge in [-0.05, 0) is 19.9 Å². The highest BCUT2D eigenvalue weighted by Gasteiger charge is 2.14. The molecular weight excluding hydrogens is 232 g/mol. The lowest BCUT2D eigenvalue weighted by atomic mass is 10.3. The van der Waals surface area contributed by atoms with Gasteiger partial charge in [0, 0.05) is 25.3 Å². The summed E-state index contributed by atoms with van der Waals surface area (Å²) in [7, 11) is 0. The van der Waals surface area contributed by atoms with Gasteiger partial charge in [0.15, 0.2) is 0 Å². The van der Waals surface area contributed by atoms with Gasteiger partial charge in [-0.25, -0.2) is 0 Å². The molecule has 0 radical (unpaired) electrons. The fraction of sp³-hybridized carbons (Fsp3) is 0.667. The molecule has 1 aliphatic heterocycles. The quantitative estimate of drug-likeness (QED) is 0.765. The van der Waals surface area contributed by atoms with E-state index in [4.69, 9.17) is 4.74 Å². The monoisotopic (exact) mass is 252 g/mol. The number of hydrogen-bond donors (Lipinski definition) is 2. The number of hydrogen-bond acceptors (Lipinski definition) is 4. The molecule has 100 valence electrons. The molecule has 2 heterocycles. The Balaban J connectivity index is 1.76. The average Bonchev–Trinajstić information content (AvgIpc) is 2.67. The Hall–Kier alpha value is -1.40. The van der Waals surface area contributed by atoms with Crippen molar-refractivity contribution in [1.29, 1.82) is 0 Å². The topological polar surface area (TPSA) is 68.2 Å². The van der Waals surface area contributed by atoms with Crippen LogP contribution in [0.3, 0.4) is 0 Å². The van der Waals surface area contributed by atoms with Crippen LogP contribution in [0.1, 0.15) is 11.4 Å². The van der Waals surface area contributed by atoms with Crippen LogP contribution in [0.4, 0.5) is 0 Å². The minimum atomic E-state index is -0.0321. The zero-order valence-electron chi connectivity index (χ0n) is 10.9. The first kappa shape index (κ1) is 13.0. The lowest BCUT2D eigenvalue weighted by Gasteiger charge is -2.23. The van der Waals surface area contributed by atoms with E-state index < -0.39 is 0 Å². The molecule has 1 atom stereocenters. The molecule has 1 aromatic rings. The lowest BCUT2D eigenvalue weighted by Crippen LogP contribution is -2.45.